The predicted octanol–water partition coefficient (Wildman–Crippen LogP) is 2.82. The Bertz CT molecular complexity index is 928. The smallest absolute Gasteiger partial charge is 0.290 e. The molecule has 0 saturated carbocycles. The molecule has 8 nitrogen and oxygen atoms in total. The third-order valence-electron chi connectivity index (χ3n) is 7.11. The zero-order valence-corrected chi connectivity index (χ0v) is 18.8. The maximum Gasteiger partial charge on any atom is 0.290 e. The first-order valence-electron chi connectivity index (χ1n) is 11.3. The number of piperidine rings is 3. The van der Waals surface area contributed by atoms with E-state index in [9.17, 15) is 4.79 Å². The van der Waals surface area contributed by atoms with Crippen LogP contribution in [0.2, 0.25) is 0 Å². The van der Waals surface area contributed by atoms with Crippen molar-refractivity contribution in [2.24, 2.45) is 18.9 Å². The van der Waals surface area contributed by atoms with E-state index in [0.717, 1.165) is 25.4 Å². The van der Waals surface area contributed by atoms with E-state index in [1.54, 1.807) is 11.8 Å². The minimum absolute atomic E-state index is 0.0938. The van der Waals surface area contributed by atoms with Crippen molar-refractivity contribution in [3.63, 3.8) is 0 Å². The molecular formula is C24H32N4O4. The van der Waals surface area contributed by atoms with Crippen LogP contribution in [-0.2, 0) is 11.8 Å². The van der Waals surface area contributed by atoms with Gasteiger partial charge in [-0.15, -0.1) is 0 Å². The first-order chi connectivity index (χ1) is 15.5. The zero-order chi connectivity index (χ0) is 22.7. The topological polar surface area (TPSA) is 87.9 Å². The number of aromatic nitrogens is 2. The van der Waals surface area contributed by atoms with Gasteiger partial charge >= 0.3 is 0 Å². The van der Waals surface area contributed by atoms with Crippen molar-refractivity contribution in [3.8, 4) is 5.75 Å². The summed E-state index contributed by atoms with van der Waals surface area (Å²) in [6.45, 7) is 2.55. The van der Waals surface area contributed by atoms with E-state index in [0.29, 0.717) is 29.6 Å². The van der Waals surface area contributed by atoms with E-state index in [4.69, 9.17) is 14.6 Å². The van der Waals surface area contributed by atoms with Crippen molar-refractivity contribution in [2.45, 2.75) is 37.8 Å². The first kappa shape index (κ1) is 22.3. The quantitative estimate of drug-likeness (QED) is 0.739. The molecule has 3 aliphatic heterocycles. The molecule has 1 amide bonds. The number of rotatable bonds is 3. The van der Waals surface area contributed by atoms with E-state index >= 15 is 0 Å². The van der Waals surface area contributed by atoms with Crippen LogP contribution in [-0.4, -0.2) is 69.9 Å². The van der Waals surface area contributed by atoms with Gasteiger partial charge in [0, 0.05) is 45.0 Å². The molecule has 172 valence electrons. The maximum absolute atomic E-state index is 13.0. The highest BCUT2D eigenvalue weighted by Gasteiger charge is 2.45. The molecule has 1 aromatic heterocycles. The number of nitrogens with zero attached hydrogens (tertiary/aromatic N) is 4. The van der Waals surface area contributed by atoms with Gasteiger partial charge in [-0.3, -0.25) is 19.2 Å². The zero-order valence-electron chi connectivity index (χ0n) is 18.8. The number of carboxylic acid groups (broad SMARTS) is 1. The molecule has 0 spiro atoms. The van der Waals surface area contributed by atoms with Crippen LogP contribution in [0.4, 0.5) is 0 Å². The molecule has 1 N–H and O–H groups in total. The van der Waals surface area contributed by atoms with Crippen molar-refractivity contribution in [1.29, 1.82) is 0 Å². The standard InChI is InChI=1S/C23H30N4O2.CH2O2/c1-25-11-10-20(24-25)23(28)26-13-16-12-18(15-26)22-5-3-4-21(27(22)14-16)17-6-8-19(29-2)9-7-17;2-1-3/h6-11,16,18,21-22H,3-5,12-15H2,1-2H3;1H,(H,2,3)/t16-,18+,21+,22-;/m0./s1. The van der Waals surface area contributed by atoms with Crippen molar-refractivity contribution in [3.05, 3.63) is 47.8 Å². The number of aryl methyl sites for hydroxylation is 1. The molecule has 32 heavy (non-hydrogen) atoms. The lowest BCUT2D eigenvalue weighted by molar-refractivity contribution is -0.122. The van der Waals surface area contributed by atoms with Crippen molar-refractivity contribution >= 4 is 12.4 Å². The van der Waals surface area contributed by atoms with Crippen LogP contribution in [0.15, 0.2) is 36.5 Å². The van der Waals surface area contributed by atoms with Gasteiger partial charge in [0.1, 0.15) is 11.4 Å². The van der Waals surface area contributed by atoms with E-state index < -0.39 is 0 Å². The van der Waals surface area contributed by atoms with Gasteiger partial charge in [-0.25, -0.2) is 0 Å². The molecule has 2 bridgehead atoms. The number of methoxy groups -OCH3 is 1. The average molecular weight is 441 g/mol. The number of ether oxygens (including phenoxy) is 1. The second kappa shape index (κ2) is 9.73. The lowest BCUT2D eigenvalue weighted by atomic mass is 9.74. The molecule has 4 atom stereocenters. The molecule has 5 rings (SSSR count). The van der Waals surface area contributed by atoms with E-state index in [1.807, 2.05) is 19.3 Å². The third-order valence-corrected chi connectivity index (χ3v) is 7.11. The Balaban J connectivity index is 0.000000775. The molecule has 4 heterocycles. The number of hydrogen-bond donors (Lipinski definition) is 1. The fraction of sp³-hybridized carbons (Fsp3) is 0.542. The number of carbonyl (C=O) groups excluding carboxylic acids is 1. The van der Waals surface area contributed by atoms with Gasteiger partial charge in [-0.1, -0.05) is 12.1 Å². The van der Waals surface area contributed by atoms with E-state index in [-0.39, 0.29) is 12.4 Å². The highest BCUT2D eigenvalue weighted by atomic mass is 16.5. The van der Waals surface area contributed by atoms with Gasteiger partial charge in [-0.05, 0) is 61.3 Å². The summed E-state index contributed by atoms with van der Waals surface area (Å²) >= 11 is 0. The molecule has 1 aromatic carbocycles. The van der Waals surface area contributed by atoms with Crippen LogP contribution in [0.1, 0.15) is 47.8 Å². The third kappa shape index (κ3) is 4.50. The Labute approximate surface area is 188 Å². The van der Waals surface area contributed by atoms with Crippen LogP contribution in [0.25, 0.3) is 0 Å². The second-order valence-corrected chi connectivity index (χ2v) is 9.04. The van der Waals surface area contributed by atoms with Crippen molar-refractivity contribution in [1.82, 2.24) is 19.6 Å². The number of benzene rings is 1. The SMILES string of the molecule is COc1ccc([C@H]2CCC[C@H]3[C@@H]4C[C@@H](CN(C(=O)c5ccn(C)n5)C4)CN23)cc1.O=CO. The molecule has 0 radical (unpaired) electrons. The molecular weight excluding hydrogens is 408 g/mol. The summed E-state index contributed by atoms with van der Waals surface area (Å²) in [4.78, 5) is 26.2. The summed E-state index contributed by atoms with van der Waals surface area (Å²) in [6, 6.07) is 11.5. The normalized spacial score (nSPS) is 27.0. The molecule has 3 aliphatic rings. The molecule has 3 saturated heterocycles. The van der Waals surface area contributed by atoms with Gasteiger partial charge in [-0.2, -0.15) is 5.10 Å². The van der Waals surface area contributed by atoms with Gasteiger partial charge in [0.25, 0.3) is 12.4 Å². The Morgan fingerprint density at radius 3 is 2.56 bits per heavy atom. The highest BCUT2D eigenvalue weighted by molar-refractivity contribution is 5.92. The number of fused-ring (bicyclic) bond motifs is 4. The van der Waals surface area contributed by atoms with Crippen molar-refractivity contribution < 1.29 is 19.4 Å². The lowest BCUT2D eigenvalue weighted by Gasteiger charge is -2.55. The Kier molecular flexibility index (Phi) is 6.79. The molecule has 3 fully saturated rings. The fourth-order valence-electron chi connectivity index (χ4n) is 5.85. The minimum atomic E-state index is -0.250. The van der Waals surface area contributed by atoms with Crippen LogP contribution >= 0.6 is 0 Å². The second-order valence-electron chi connectivity index (χ2n) is 9.04. The van der Waals surface area contributed by atoms with Crippen LogP contribution in [0.5, 0.6) is 5.75 Å². The Hall–Kier alpha value is -2.87. The summed E-state index contributed by atoms with van der Waals surface area (Å²) in [6.07, 6.45) is 6.82. The number of amides is 1. The fourth-order valence-corrected chi connectivity index (χ4v) is 5.85. The highest BCUT2D eigenvalue weighted by Crippen LogP contribution is 2.44. The van der Waals surface area contributed by atoms with Gasteiger partial charge < -0.3 is 14.7 Å². The number of likely N-dealkylation sites (tertiary alicyclic amines) is 1. The number of hydrogen-bond acceptors (Lipinski definition) is 5. The molecule has 0 aliphatic carbocycles. The monoisotopic (exact) mass is 440 g/mol. The first-order valence-corrected chi connectivity index (χ1v) is 11.3. The predicted molar refractivity (Wildman–Crippen MR) is 119 cm³/mol. The van der Waals surface area contributed by atoms with Crippen LogP contribution in [0.3, 0.4) is 0 Å². The van der Waals surface area contributed by atoms with E-state index in [1.165, 1.54) is 31.2 Å². The van der Waals surface area contributed by atoms with Gasteiger partial charge in [0.05, 0.1) is 7.11 Å². The van der Waals surface area contributed by atoms with Crippen LogP contribution in [0, 0.1) is 11.8 Å². The molecule has 8 heteroatoms. The van der Waals surface area contributed by atoms with Crippen molar-refractivity contribution in [2.75, 3.05) is 26.7 Å². The van der Waals surface area contributed by atoms with Crippen LogP contribution < -0.4 is 4.74 Å². The minimum Gasteiger partial charge on any atom is -0.497 e. The summed E-state index contributed by atoms with van der Waals surface area (Å²) in [7, 11) is 3.58. The number of carbonyl (C=O) groups is 2. The maximum atomic E-state index is 13.0. The molecule has 2 aromatic rings. The molecule has 0 unspecified atom stereocenters. The summed E-state index contributed by atoms with van der Waals surface area (Å²) < 4.78 is 7.05. The summed E-state index contributed by atoms with van der Waals surface area (Å²) in [5, 5.41) is 11.2. The van der Waals surface area contributed by atoms with E-state index in [2.05, 4.69) is 39.2 Å². The Morgan fingerprint density at radius 2 is 1.91 bits per heavy atom. The summed E-state index contributed by atoms with van der Waals surface area (Å²) in [5.41, 5.74) is 1.97. The summed E-state index contributed by atoms with van der Waals surface area (Å²) in [5.74, 6) is 2.13. The Morgan fingerprint density at radius 1 is 1.16 bits per heavy atom. The lowest BCUT2D eigenvalue weighted by Crippen LogP contribution is -2.60. The largest absolute Gasteiger partial charge is 0.497 e. The van der Waals surface area contributed by atoms with Gasteiger partial charge in [0.2, 0.25) is 0 Å². The van der Waals surface area contributed by atoms with Gasteiger partial charge in [0.15, 0.2) is 0 Å². The average Bonchev–Trinajstić information content (AvgIpc) is 3.25.